The quantitative estimate of drug-likeness (QED) is 0.492. The van der Waals surface area contributed by atoms with Crippen LogP contribution in [0.3, 0.4) is 0 Å². The Labute approximate surface area is 192 Å². The molecule has 0 bridgehead atoms. The van der Waals surface area contributed by atoms with Crippen LogP contribution in [0.1, 0.15) is 28.0 Å². The van der Waals surface area contributed by atoms with Crippen LogP contribution in [0, 0.1) is 6.92 Å². The molecular formula is C26H27N5O2. The SMILES string of the molecule is CNC(=O)c1cc2ccccc2c(N2CCCc3cc(-c4cnn(CCO)c4)c(C)cc32)n1. The molecule has 4 aromatic rings. The molecule has 0 fully saturated rings. The number of anilines is 2. The van der Waals surface area contributed by atoms with Gasteiger partial charge in [0.2, 0.25) is 0 Å². The highest BCUT2D eigenvalue weighted by Gasteiger charge is 2.24. The lowest BCUT2D eigenvalue weighted by Crippen LogP contribution is -2.27. The van der Waals surface area contributed by atoms with Gasteiger partial charge in [0.1, 0.15) is 11.5 Å². The smallest absolute Gasteiger partial charge is 0.269 e. The number of nitrogens with one attached hydrogen (secondary N) is 1. The summed E-state index contributed by atoms with van der Waals surface area (Å²) in [7, 11) is 1.63. The van der Waals surface area contributed by atoms with E-state index in [1.54, 1.807) is 11.7 Å². The number of hydrogen-bond donors (Lipinski definition) is 2. The molecule has 0 saturated carbocycles. The number of aliphatic hydroxyl groups is 1. The topological polar surface area (TPSA) is 83.3 Å². The van der Waals surface area contributed by atoms with E-state index in [1.807, 2.05) is 36.7 Å². The minimum absolute atomic E-state index is 0.0648. The molecule has 33 heavy (non-hydrogen) atoms. The molecule has 7 heteroatoms. The van der Waals surface area contributed by atoms with E-state index >= 15 is 0 Å². The maximum atomic E-state index is 12.4. The van der Waals surface area contributed by atoms with Crippen LogP contribution in [-0.4, -0.2) is 46.0 Å². The fraction of sp³-hybridized carbons (Fsp3) is 0.269. The third-order valence-electron chi connectivity index (χ3n) is 6.25. The second-order valence-electron chi connectivity index (χ2n) is 8.40. The third kappa shape index (κ3) is 3.85. The summed E-state index contributed by atoms with van der Waals surface area (Å²) in [6.07, 6.45) is 5.82. The van der Waals surface area contributed by atoms with Gasteiger partial charge in [0, 0.05) is 36.4 Å². The fourth-order valence-electron chi connectivity index (χ4n) is 4.63. The zero-order valence-electron chi connectivity index (χ0n) is 18.9. The molecule has 1 aliphatic heterocycles. The lowest BCUT2D eigenvalue weighted by Gasteiger charge is -2.32. The van der Waals surface area contributed by atoms with Gasteiger partial charge in [0.15, 0.2) is 0 Å². The van der Waals surface area contributed by atoms with Gasteiger partial charge in [0.25, 0.3) is 5.91 Å². The Bertz CT molecular complexity index is 1340. The number of pyridine rings is 1. The van der Waals surface area contributed by atoms with Crippen molar-refractivity contribution < 1.29 is 9.90 Å². The summed E-state index contributed by atoms with van der Waals surface area (Å²) in [5.41, 5.74) is 6.16. The Balaban J connectivity index is 1.62. The summed E-state index contributed by atoms with van der Waals surface area (Å²) in [6.45, 7) is 3.50. The highest BCUT2D eigenvalue weighted by Crippen LogP contribution is 2.39. The number of aryl methyl sites for hydroxylation is 2. The number of nitrogens with zero attached hydrogens (tertiary/aromatic N) is 4. The van der Waals surface area contributed by atoms with Crippen LogP contribution in [0.15, 0.2) is 54.9 Å². The first-order valence-corrected chi connectivity index (χ1v) is 11.3. The Hall–Kier alpha value is -3.71. The number of carbonyl (C=O) groups excluding carboxylic acids is 1. The number of rotatable bonds is 5. The van der Waals surface area contributed by atoms with E-state index in [2.05, 4.69) is 40.4 Å². The van der Waals surface area contributed by atoms with Crippen molar-refractivity contribution >= 4 is 28.2 Å². The van der Waals surface area contributed by atoms with Gasteiger partial charge in [-0.05, 0) is 60.0 Å². The molecule has 7 nitrogen and oxygen atoms in total. The molecule has 3 heterocycles. The van der Waals surface area contributed by atoms with E-state index < -0.39 is 0 Å². The molecule has 2 aromatic carbocycles. The van der Waals surface area contributed by atoms with Crippen molar-refractivity contribution in [2.24, 2.45) is 0 Å². The van der Waals surface area contributed by atoms with Crippen molar-refractivity contribution in [3.05, 3.63) is 71.7 Å². The first kappa shape index (κ1) is 21.2. The largest absolute Gasteiger partial charge is 0.394 e. The van der Waals surface area contributed by atoms with Gasteiger partial charge >= 0.3 is 0 Å². The highest BCUT2D eigenvalue weighted by molar-refractivity contribution is 6.01. The summed E-state index contributed by atoms with van der Waals surface area (Å²) in [4.78, 5) is 19.5. The molecule has 0 saturated heterocycles. The molecule has 2 N–H and O–H groups in total. The van der Waals surface area contributed by atoms with E-state index in [-0.39, 0.29) is 12.5 Å². The van der Waals surface area contributed by atoms with Crippen molar-refractivity contribution in [1.29, 1.82) is 0 Å². The normalized spacial score (nSPS) is 13.2. The average molecular weight is 442 g/mol. The molecule has 0 radical (unpaired) electrons. The van der Waals surface area contributed by atoms with Gasteiger partial charge in [-0.15, -0.1) is 0 Å². The van der Waals surface area contributed by atoms with Crippen LogP contribution in [0.4, 0.5) is 11.5 Å². The van der Waals surface area contributed by atoms with Crippen LogP contribution in [0.5, 0.6) is 0 Å². The van der Waals surface area contributed by atoms with E-state index in [4.69, 9.17) is 4.98 Å². The standard InChI is InChI=1S/C26H27N5O2/c1-17-12-24-19(13-22(17)20-15-28-30(16-20)10-11-32)7-5-9-31(24)25-21-8-4-3-6-18(21)14-23(29-25)26(33)27-2/h3-4,6,8,12-16,32H,5,7,9-11H2,1-2H3,(H,27,33). The molecule has 0 unspecified atom stereocenters. The van der Waals surface area contributed by atoms with Crippen LogP contribution in [-0.2, 0) is 13.0 Å². The van der Waals surface area contributed by atoms with Gasteiger partial charge in [-0.2, -0.15) is 5.10 Å². The molecule has 168 valence electrons. The van der Waals surface area contributed by atoms with Crippen molar-refractivity contribution in [2.75, 3.05) is 25.1 Å². The Morgan fingerprint density at radius 2 is 2.06 bits per heavy atom. The predicted octanol–water partition coefficient (Wildman–Crippen LogP) is 3.84. The number of carbonyl (C=O) groups is 1. The van der Waals surface area contributed by atoms with Crippen molar-refractivity contribution in [3.63, 3.8) is 0 Å². The molecule has 0 atom stereocenters. The zero-order chi connectivity index (χ0) is 22.9. The first-order valence-electron chi connectivity index (χ1n) is 11.3. The van der Waals surface area contributed by atoms with Crippen LogP contribution < -0.4 is 10.2 Å². The number of hydrogen-bond acceptors (Lipinski definition) is 5. The van der Waals surface area contributed by atoms with E-state index in [0.29, 0.717) is 12.2 Å². The third-order valence-corrected chi connectivity index (χ3v) is 6.25. The minimum atomic E-state index is -0.189. The Kier molecular flexibility index (Phi) is 5.56. The van der Waals surface area contributed by atoms with Gasteiger partial charge in [-0.25, -0.2) is 4.98 Å². The predicted molar refractivity (Wildman–Crippen MR) is 130 cm³/mol. The molecule has 1 amide bonds. The zero-order valence-corrected chi connectivity index (χ0v) is 18.9. The van der Waals surface area contributed by atoms with Crippen LogP contribution in [0.25, 0.3) is 21.9 Å². The molecule has 1 aliphatic rings. The van der Waals surface area contributed by atoms with Crippen LogP contribution in [0.2, 0.25) is 0 Å². The molecule has 5 rings (SSSR count). The lowest BCUT2D eigenvalue weighted by atomic mass is 9.93. The first-order chi connectivity index (χ1) is 16.1. The van der Waals surface area contributed by atoms with Crippen molar-refractivity contribution in [2.45, 2.75) is 26.3 Å². The number of aromatic nitrogens is 3. The van der Waals surface area contributed by atoms with Gasteiger partial charge < -0.3 is 15.3 Å². The summed E-state index contributed by atoms with van der Waals surface area (Å²) >= 11 is 0. The second kappa shape index (κ2) is 8.67. The molecule has 2 aromatic heterocycles. The van der Waals surface area contributed by atoms with E-state index in [0.717, 1.165) is 58.4 Å². The Morgan fingerprint density at radius 3 is 2.88 bits per heavy atom. The summed E-state index contributed by atoms with van der Waals surface area (Å²) in [5, 5.41) is 18.3. The van der Waals surface area contributed by atoms with Crippen molar-refractivity contribution in [1.82, 2.24) is 20.1 Å². The van der Waals surface area contributed by atoms with Gasteiger partial charge in [0.05, 0.1) is 19.3 Å². The average Bonchev–Trinajstić information content (AvgIpc) is 3.30. The van der Waals surface area contributed by atoms with Crippen molar-refractivity contribution in [3.8, 4) is 11.1 Å². The summed E-state index contributed by atoms with van der Waals surface area (Å²) < 4.78 is 1.76. The maximum absolute atomic E-state index is 12.4. The highest BCUT2D eigenvalue weighted by atomic mass is 16.3. The summed E-state index contributed by atoms with van der Waals surface area (Å²) in [6, 6.07) is 14.4. The summed E-state index contributed by atoms with van der Waals surface area (Å²) in [5.74, 6) is 0.626. The fourth-order valence-corrected chi connectivity index (χ4v) is 4.63. The van der Waals surface area contributed by atoms with E-state index in [1.165, 1.54) is 5.56 Å². The monoisotopic (exact) mass is 441 g/mol. The van der Waals surface area contributed by atoms with Gasteiger partial charge in [-0.3, -0.25) is 9.48 Å². The molecular weight excluding hydrogens is 414 g/mol. The number of aliphatic hydroxyl groups excluding tert-OH is 1. The van der Waals surface area contributed by atoms with E-state index in [9.17, 15) is 9.90 Å². The Morgan fingerprint density at radius 1 is 1.21 bits per heavy atom. The lowest BCUT2D eigenvalue weighted by molar-refractivity contribution is 0.0958. The van der Waals surface area contributed by atoms with Gasteiger partial charge in [-0.1, -0.05) is 24.3 Å². The second-order valence-corrected chi connectivity index (χ2v) is 8.40. The number of benzene rings is 2. The molecule has 0 aliphatic carbocycles. The minimum Gasteiger partial charge on any atom is -0.394 e. The maximum Gasteiger partial charge on any atom is 0.269 e. The number of fused-ring (bicyclic) bond motifs is 2. The van der Waals surface area contributed by atoms with Crippen LogP contribution >= 0.6 is 0 Å². The molecule has 0 spiro atoms. The number of amides is 1.